The Bertz CT molecular complexity index is 883. The fraction of sp³-hybridized carbons (Fsp3) is 0.600. The Morgan fingerprint density at radius 1 is 1.12 bits per heavy atom. The number of aromatic nitrogens is 2. The smallest absolute Gasteiger partial charge is 0.317 e. The molecule has 0 unspecified atom stereocenters. The Labute approximate surface area is 192 Å². The van der Waals surface area contributed by atoms with Crippen molar-refractivity contribution in [3.63, 3.8) is 0 Å². The number of hydrogen-bond acceptors (Lipinski definition) is 4. The van der Waals surface area contributed by atoms with Gasteiger partial charge in [-0.3, -0.25) is 0 Å². The molecule has 0 spiro atoms. The van der Waals surface area contributed by atoms with E-state index in [1.165, 1.54) is 5.56 Å². The molecule has 32 heavy (non-hydrogen) atoms. The lowest BCUT2D eigenvalue weighted by Gasteiger charge is -2.36. The summed E-state index contributed by atoms with van der Waals surface area (Å²) in [5, 5.41) is 8.10. The molecule has 1 N–H and O–H groups in total. The van der Waals surface area contributed by atoms with Crippen LogP contribution in [0.4, 0.5) is 10.6 Å². The Morgan fingerprint density at radius 3 is 2.47 bits per heavy atom. The maximum atomic E-state index is 13.0. The van der Waals surface area contributed by atoms with Gasteiger partial charge >= 0.3 is 6.03 Å². The summed E-state index contributed by atoms with van der Waals surface area (Å²) in [6.45, 7) is 13.0. The molecule has 2 aromatic rings. The van der Waals surface area contributed by atoms with Crippen molar-refractivity contribution in [1.29, 1.82) is 0 Å². The molecule has 0 radical (unpaired) electrons. The first kappa shape index (κ1) is 22.6. The van der Waals surface area contributed by atoms with Gasteiger partial charge in [0.2, 0.25) is 0 Å². The monoisotopic (exact) mass is 438 g/mol. The molecular formula is C25H38N6O. The highest BCUT2D eigenvalue weighted by Crippen LogP contribution is 2.34. The fourth-order valence-corrected chi connectivity index (χ4v) is 4.48. The summed E-state index contributed by atoms with van der Waals surface area (Å²) in [5.41, 5.74) is 3.25. The molecule has 2 aliphatic rings. The van der Waals surface area contributed by atoms with Gasteiger partial charge in [0.15, 0.2) is 0 Å². The zero-order valence-electron chi connectivity index (χ0n) is 19.9. The third-order valence-corrected chi connectivity index (χ3v) is 6.66. The lowest BCUT2D eigenvalue weighted by atomic mass is 10.2. The quantitative estimate of drug-likeness (QED) is 0.605. The van der Waals surface area contributed by atoms with Crippen LogP contribution < -0.4 is 10.2 Å². The van der Waals surface area contributed by atoms with Gasteiger partial charge in [-0.15, -0.1) is 0 Å². The second-order valence-corrected chi connectivity index (χ2v) is 9.00. The third-order valence-electron chi connectivity index (χ3n) is 6.66. The topological polar surface area (TPSA) is 56.6 Å². The maximum Gasteiger partial charge on any atom is 0.317 e. The number of carbonyl (C=O) groups is 1. The molecule has 7 nitrogen and oxygen atoms in total. The van der Waals surface area contributed by atoms with Gasteiger partial charge in [-0.1, -0.05) is 38.5 Å². The second kappa shape index (κ2) is 10.4. The van der Waals surface area contributed by atoms with E-state index < -0.39 is 0 Å². The minimum absolute atomic E-state index is 0.0644. The number of anilines is 1. The van der Waals surface area contributed by atoms with Crippen molar-refractivity contribution in [2.75, 3.05) is 44.2 Å². The van der Waals surface area contributed by atoms with Crippen molar-refractivity contribution in [1.82, 2.24) is 24.9 Å². The first-order valence-corrected chi connectivity index (χ1v) is 12.3. The number of aryl methyl sites for hydroxylation is 1. The van der Waals surface area contributed by atoms with Crippen molar-refractivity contribution in [3.05, 3.63) is 41.6 Å². The van der Waals surface area contributed by atoms with E-state index in [0.29, 0.717) is 12.6 Å². The Morgan fingerprint density at radius 2 is 1.84 bits per heavy atom. The average Bonchev–Trinajstić information content (AvgIpc) is 3.61. The maximum absolute atomic E-state index is 13.0. The van der Waals surface area contributed by atoms with E-state index in [0.717, 1.165) is 82.2 Å². The van der Waals surface area contributed by atoms with Crippen molar-refractivity contribution in [3.8, 4) is 5.69 Å². The molecular weight excluding hydrogens is 400 g/mol. The molecule has 2 amide bonds. The third kappa shape index (κ3) is 5.09. The van der Waals surface area contributed by atoms with Gasteiger partial charge < -0.3 is 20.0 Å². The SMILES string of the molecule is CCCCNC(=O)N(Cc1c(C)nn(-c2ccccc2)c1N1CCN(CC)CC1)C1CC1. The van der Waals surface area contributed by atoms with Crippen LogP contribution in [0, 0.1) is 6.92 Å². The molecule has 1 aromatic carbocycles. The largest absolute Gasteiger partial charge is 0.354 e. The van der Waals surface area contributed by atoms with Crippen LogP contribution in [0.5, 0.6) is 0 Å². The number of urea groups is 1. The fourth-order valence-electron chi connectivity index (χ4n) is 4.48. The lowest BCUT2D eigenvalue weighted by molar-refractivity contribution is 0.191. The zero-order chi connectivity index (χ0) is 22.5. The molecule has 1 aliphatic carbocycles. The molecule has 2 fully saturated rings. The molecule has 7 heteroatoms. The molecule has 0 bridgehead atoms. The summed E-state index contributed by atoms with van der Waals surface area (Å²) < 4.78 is 2.09. The predicted octanol–water partition coefficient (Wildman–Crippen LogP) is 3.80. The first-order valence-electron chi connectivity index (χ1n) is 12.3. The minimum atomic E-state index is 0.0644. The van der Waals surface area contributed by atoms with Crippen molar-refractivity contribution in [2.45, 2.75) is 59.0 Å². The van der Waals surface area contributed by atoms with Crippen LogP contribution in [0.15, 0.2) is 30.3 Å². The highest BCUT2D eigenvalue weighted by Gasteiger charge is 2.35. The number of hydrogen-bond donors (Lipinski definition) is 1. The zero-order valence-corrected chi connectivity index (χ0v) is 19.9. The number of nitrogens with one attached hydrogen (secondary N) is 1. The highest BCUT2D eigenvalue weighted by atomic mass is 16.2. The standard InChI is InChI=1S/C25H38N6O/c1-4-6-14-26-25(32)30(21-12-13-21)19-23-20(3)27-31(22-10-8-7-9-11-22)24(23)29-17-15-28(5-2)16-18-29/h7-11,21H,4-6,12-19H2,1-3H3,(H,26,32). The number of likely N-dealkylation sites (N-methyl/N-ethyl adjacent to an activating group) is 1. The highest BCUT2D eigenvalue weighted by molar-refractivity contribution is 5.75. The van der Waals surface area contributed by atoms with Crippen molar-refractivity contribution in [2.24, 2.45) is 0 Å². The number of nitrogens with zero attached hydrogens (tertiary/aromatic N) is 5. The number of carbonyl (C=O) groups excluding carboxylic acids is 1. The minimum Gasteiger partial charge on any atom is -0.354 e. The van der Waals surface area contributed by atoms with Gasteiger partial charge in [0.05, 0.1) is 17.9 Å². The van der Waals surface area contributed by atoms with Gasteiger partial charge in [-0.25, -0.2) is 9.48 Å². The van der Waals surface area contributed by atoms with Crippen LogP contribution in [0.1, 0.15) is 50.8 Å². The van der Waals surface area contributed by atoms with E-state index in [2.05, 4.69) is 64.8 Å². The predicted molar refractivity (Wildman–Crippen MR) is 129 cm³/mol. The summed E-state index contributed by atoms with van der Waals surface area (Å²) in [5.74, 6) is 1.15. The molecule has 1 saturated heterocycles. The summed E-state index contributed by atoms with van der Waals surface area (Å²) in [4.78, 5) is 20.0. The number of amides is 2. The molecule has 1 saturated carbocycles. The van der Waals surface area contributed by atoms with E-state index >= 15 is 0 Å². The normalized spacial score (nSPS) is 16.9. The van der Waals surface area contributed by atoms with E-state index in [9.17, 15) is 4.79 Å². The molecule has 1 aliphatic heterocycles. The average molecular weight is 439 g/mol. The molecule has 4 rings (SSSR count). The van der Waals surface area contributed by atoms with Gasteiger partial charge in [-0.05, 0) is 44.9 Å². The van der Waals surface area contributed by atoms with Gasteiger partial charge in [0.25, 0.3) is 0 Å². The number of piperazine rings is 1. The Balaban J connectivity index is 1.65. The summed E-state index contributed by atoms with van der Waals surface area (Å²) in [6.07, 6.45) is 4.29. The van der Waals surface area contributed by atoms with E-state index in [4.69, 9.17) is 5.10 Å². The number of rotatable bonds is 9. The second-order valence-electron chi connectivity index (χ2n) is 9.00. The Kier molecular flexibility index (Phi) is 7.35. The van der Waals surface area contributed by atoms with Crippen molar-refractivity contribution >= 4 is 11.8 Å². The lowest BCUT2D eigenvalue weighted by Crippen LogP contribution is -2.47. The number of benzene rings is 1. The van der Waals surface area contributed by atoms with Crippen LogP contribution in [-0.2, 0) is 6.54 Å². The van der Waals surface area contributed by atoms with Crippen molar-refractivity contribution < 1.29 is 4.79 Å². The summed E-state index contributed by atoms with van der Waals surface area (Å²) >= 11 is 0. The van der Waals surface area contributed by atoms with Gasteiger partial charge in [0, 0.05) is 44.3 Å². The summed E-state index contributed by atoms with van der Waals surface area (Å²) in [6, 6.07) is 10.8. The molecule has 1 aromatic heterocycles. The summed E-state index contributed by atoms with van der Waals surface area (Å²) in [7, 11) is 0. The van der Waals surface area contributed by atoms with Crippen LogP contribution in [0.2, 0.25) is 0 Å². The molecule has 174 valence electrons. The first-order chi connectivity index (χ1) is 15.6. The Hall–Kier alpha value is -2.54. The van der Waals surface area contributed by atoms with Gasteiger partial charge in [0.1, 0.15) is 5.82 Å². The van der Waals surface area contributed by atoms with Crippen LogP contribution >= 0.6 is 0 Å². The number of unbranched alkanes of at least 4 members (excludes halogenated alkanes) is 1. The van der Waals surface area contributed by atoms with E-state index in [-0.39, 0.29) is 6.03 Å². The van der Waals surface area contributed by atoms with E-state index in [1.54, 1.807) is 0 Å². The van der Waals surface area contributed by atoms with E-state index in [1.807, 2.05) is 11.0 Å². The number of para-hydroxylation sites is 1. The van der Waals surface area contributed by atoms with Crippen LogP contribution in [0.3, 0.4) is 0 Å². The molecule has 0 atom stereocenters. The molecule has 2 heterocycles. The van der Waals surface area contributed by atoms with Gasteiger partial charge in [-0.2, -0.15) is 5.10 Å². The van der Waals surface area contributed by atoms with Crippen LogP contribution in [0.25, 0.3) is 5.69 Å². The van der Waals surface area contributed by atoms with Crippen LogP contribution in [-0.4, -0.2) is 70.9 Å².